The van der Waals surface area contributed by atoms with Crippen LogP contribution < -0.4 is 10.9 Å². The van der Waals surface area contributed by atoms with Crippen molar-refractivity contribution < 1.29 is 14.1 Å². The predicted molar refractivity (Wildman–Crippen MR) is 111 cm³/mol. The number of benzene rings is 2. The van der Waals surface area contributed by atoms with Crippen LogP contribution in [0, 0.1) is 22.9 Å². The number of hydrogen-bond donors (Lipinski definition) is 1. The Morgan fingerprint density at radius 2 is 1.90 bits per heavy atom. The van der Waals surface area contributed by atoms with E-state index in [0.29, 0.717) is 22.5 Å². The molecule has 0 unspecified atom stereocenters. The molecule has 0 aliphatic carbocycles. The zero-order valence-corrected chi connectivity index (χ0v) is 16.1. The maximum absolute atomic E-state index is 14.4. The number of aromatic nitrogens is 3. The van der Waals surface area contributed by atoms with Gasteiger partial charge < -0.3 is 5.32 Å². The number of halogens is 1. The van der Waals surface area contributed by atoms with E-state index >= 15 is 0 Å². The van der Waals surface area contributed by atoms with E-state index in [0.717, 1.165) is 6.07 Å². The average Bonchev–Trinajstić information content (AvgIpc) is 2.76. The third kappa shape index (κ3) is 3.73. The van der Waals surface area contributed by atoms with E-state index < -0.39 is 16.6 Å². The van der Waals surface area contributed by atoms with Crippen molar-refractivity contribution >= 4 is 28.3 Å². The normalized spacial score (nSPS) is 10.8. The summed E-state index contributed by atoms with van der Waals surface area (Å²) in [6.45, 7) is 1.62. The Kier molecular flexibility index (Phi) is 4.96. The lowest BCUT2D eigenvalue weighted by Gasteiger charge is -2.13. The number of amides is 1. The van der Waals surface area contributed by atoms with Gasteiger partial charge in [-0.1, -0.05) is 0 Å². The average molecular weight is 419 g/mol. The summed E-state index contributed by atoms with van der Waals surface area (Å²) in [6.07, 6.45) is 1.53. The molecule has 0 radical (unpaired) electrons. The van der Waals surface area contributed by atoms with E-state index in [2.05, 4.69) is 15.3 Å². The Morgan fingerprint density at radius 1 is 1.16 bits per heavy atom. The quantitative estimate of drug-likeness (QED) is 0.400. The van der Waals surface area contributed by atoms with Gasteiger partial charge in [0.2, 0.25) is 0 Å². The number of nitro benzene ring substituents is 1. The number of carbonyl (C=O) groups is 1. The van der Waals surface area contributed by atoms with Crippen molar-refractivity contribution in [2.45, 2.75) is 6.92 Å². The van der Waals surface area contributed by atoms with Crippen LogP contribution in [0.25, 0.3) is 16.7 Å². The highest BCUT2D eigenvalue weighted by Gasteiger charge is 2.15. The van der Waals surface area contributed by atoms with Crippen LogP contribution in [0.15, 0.2) is 65.6 Å². The van der Waals surface area contributed by atoms with Crippen LogP contribution in [0.1, 0.15) is 16.2 Å². The number of aryl methyl sites for hydroxylation is 1. The van der Waals surface area contributed by atoms with Crippen LogP contribution in [0.3, 0.4) is 0 Å². The van der Waals surface area contributed by atoms with Gasteiger partial charge in [-0.3, -0.25) is 24.3 Å². The first-order chi connectivity index (χ1) is 14.8. The molecule has 2 aromatic heterocycles. The fourth-order valence-electron chi connectivity index (χ4n) is 3.10. The lowest BCUT2D eigenvalue weighted by atomic mass is 10.2. The Labute approximate surface area is 174 Å². The summed E-state index contributed by atoms with van der Waals surface area (Å²) < 4.78 is 15.7. The molecule has 154 valence electrons. The van der Waals surface area contributed by atoms with Crippen molar-refractivity contribution in [3.8, 4) is 5.69 Å². The summed E-state index contributed by atoms with van der Waals surface area (Å²) in [5, 5.41) is 13.5. The molecule has 1 N–H and O–H groups in total. The fraction of sp³-hybridized carbons (Fsp3) is 0.0476. The summed E-state index contributed by atoms with van der Waals surface area (Å²) in [5.41, 5.74) is 0.0181. The molecule has 31 heavy (non-hydrogen) atoms. The predicted octanol–water partition coefficient (Wildman–Crippen LogP) is 3.39. The molecule has 2 heterocycles. The summed E-state index contributed by atoms with van der Waals surface area (Å²) >= 11 is 0. The van der Waals surface area contributed by atoms with Crippen molar-refractivity contribution in [2.75, 3.05) is 5.32 Å². The van der Waals surface area contributed by atoms with Gasteiger partial charge >= 0.3 is 0 Å². The zero-order chi connectivity index (χ0) is 22.1. The highest BCUT2D eigenvalue weighted by molar-refractivity contribution is 6.04. The number of nitrogens with one attached hydrogen (secondary N) is 1. The summed E-state index contributed by atoms with van der Waals surface area (Å²) in [5.74, 6) is -1.02. The standard InChI is InChI=1S/C21H14FN5O4/c1-12-24-19-16(3-2-10-23-19)21(29)26(12)15-8-9-17(22)18(11-15)25-20(28)13-4-6-14(7-5-13)27(30)31/h2-11H,1H3,(H,25,28). The van der Waals surface area contributed by atoms with Crippen LogP contribution in [0.2, 0.25) is 0 Å². The molecule has 4 aromatic rings. The van der Waals surface area contributed by atoms with Crippen molar-refractivity contribution in [1.29, 1.82) is 0 Å². The van der Waals surface area contributed by atoms with E-state index in [1.165, 1.54) is 47.2 Å². The van der Waals surface area contributed by atoms with E-state index in [4.69, 9.17) is 0 Å². The third-order valence-electron chi connectivity index (χ3n) is 4.61. The second-order valence-corrected chi connectivity index (χ2v) is 6.60. The first kappa shape index (κ1) is 19.8. The van der Waals surface area contributed by atoms with Gasteiger partial charge in [0.1, 0.15) is 11.6 Å². The Hall–Kier alpha value is -4.47. The minimum atomic E-state index is -0.708. The topological polar surface area (TPSA) is 120 Å². The second kappa shape index (κ2) is 7.75. The number of rotatable bonds is 4. The second-order valence-electron chi connectivity index (χ2n) is 6.60. The fourth-order valence-corrected chi connectivity index (χ4v) is 3.10. The number of carbonyl (C=O) groups excluding carboxylic acids is 1. The molecular weight excluding hydrogens is 405 g/mol. The Bertz CT molecular complexity index is 1400. The van der Waals surface area contributed by atoms with Gasteiger partial charge in [-0.15, -0.1) is 0 Å². The summed E-state index contributed by atoms with van der Waals surface area (Å²) in [6, 6.07) is 11.9. The van der Waals surface area contributed by atoms with Gasteiger partial charge in [-0.05, 0) is 49.4 Å². The highest BCUT2D eigenvalue weighted by Crippen LogP contribution is 2.21. The van der Waals surface area contributed by atoms with Crippen LogP contribution in [0.5, 0.6) is 0 Å². The van der Waals surface area contributed by atoms with E-state index in [1.807, 2.05) is 0 Å². The summed E-state index contributed by atoms with van der Waals surface area (Å²) in [4.78, 5) is 43.9. The lowest BCUT2D eigenvalue weighted by molar-refractivity contribution is -0.384. The number of fused-ring (bicyclic) bond motifs is 1. The number of anilines is 1. The van der Waals surface area contributed by atoms with Gasteiger partial charge in [-0.2, -0.15) is 0 Å². The number of nitro groups is 1. The lowest BCUT2D eigenvalue weighted by Crippen LogP contribution is -2.23. The zero-order valence-electron chi connectivity index (χ0n) is 16.1. The van der Waals surface area contributed by atoms with Crippen molar-refractivity contribution in [2.24, 2.45) is 0 Å². The molecule has 2 aromatic carbocycles. The minimum Gasteiger partial charge on any atom is -0.319 e. The molecule has 0 saturated heterocycles. The van der Waals surface area contributed by atoms with Crippen LogP contribution in [-0.4, -0.2) is 25.4 Å². The number of pyridine rings is 1. The van der Waals surface area contributed by atoms with Crippen LogP contribution in [-0.2, 0) is 0 Å². The minimum absolute atomic E-state index is 0.113. The van der Waals surface area contributed by atoms with Crippen molar-refractivity contribution in [3.05, 3.63) is 98.5 Å². The first-order valence-corrected chi connectivity index (χ1v) is 9.05. The number of hydrogen-bond acceptors (Lipinski definition) is 6. The van der Waals surface area contributed by atoms with E-state index in [-0.39, 0.29) is 22.5 Å². The maximum Gasteiger partial charge on any atom is 0.269 e. The molecule has 0 fully saturated rings. The number of non-ortho nitro benzene ring substituents is 1. The summed E-state index contributed by atoms with van der Waals surface area (Å²) in [7, 11) is 0. The molecule has 0 saturated carbocycles. The molecular formula is C21H14FN5O4. The molecule has 0 aliphatic heterocycles. The molecule has 0 aliphatic rings. The van der Waals surface area contributed by atoms with Gasteiger partial charge in [0.05, 0.1) is 21.7 Å². The SMILES string of the molecule is Cc1nc2ncccc2c(=O)n1-c1ccc(F)c(NC(=O)c2ccc([N+](=O)[O-])cc2)c1. The number of nitrogens with zero attached hydrogens (tertiary/aromatic N) is 4. The molecule has 0 bridgehead atoms. The third-order valence-corrected chi connectivity index (χ3v) is 4.61. The van der Waals surface area contributed by atoms with Crippen LogP contribution in [0.4, 0.5) is 15.8 Å². The molecule has 0 spiro atoms. The van der Waals surface area contributed by atoms with E-state index in [1.54, 1.807) is 19.1 Å². The van der Waals surface area contributed by atoms with Gasteiger partial charge in [0.25, 0.3) is 17.2 Å². The molecule has 9 nitrogen and oxygen atoms in total. The maximum atomic E-state index is 14.4. The largest absolute Gasteiger partial charge is 0.319 e. The monoisotopic (exact) mass is 419 g/mol. The van der Waals surface area contributed by atoms with Gasteiger partial charge in [0, 0.05) is 23.9 Å². The highest BCUT2D eigenvalue weighted by atomic mass is 19.1. The Morgan fingerprint density at radius 3 is 2.61 bits per heavy atom. The van der Waals surface area contributed by atoms with Gasteiger partial charge in [0.15, 0.2) is 5.65 Å². The van der Waals surface area contributed by atoms with E-state index in [9.17, 15) is 24.1 Å². The molecule has 4 rings (SSSR count). The molecule has 10 heteroatoms. The smallest absolute Gasteiger partial charge is 0.269 e. The van der Waals surface area contributed by atoms with Gasteiger partial charge in [-0.25, -0.2) is 14.4 Å². The van der Waals surface area contributed by atoms with Crippen molar-refractivity contribution in [3.63, 3.8) is 0 Å². The van der Waals surface area contributed by atoms with Crippen LogP contribution >= 0.6 is 0 Å². The first-order valence-electron chi connectivity index (χ1n) is 9.05. The molecule has 1 amide bonds. The molecule has 0 atom stereocenters. The Balaban J connectivity index is 1.71. The van der Waals surface area contributed by atoms with Crippen molar-refractivity contribution in [1.82, 2.24) is 14.5 Å².